The number of aromatic nitrogens is 8. The number of methoxy groups -OCH3 is 2. The highest BCUT2D eigenvalue weighted by Gasteiger charge is 2.15. The summed E-state index contributed by atoms with van der Waals surface area (Å²) < 4.78 is 50.0. The van der Waals surface area contributed by atoms with Crippen molar-refractivity contribution < 1.29 is 52.4 Å². The molecular formula is C35H65N11O10P2. The maximum atomic E-state index is 11.1. The van der Waals surface area contributed by atoms with Gasteiger partial charge in [-0.1, -0.05) is 40.0 Å². The van der Waals surface area contributed by atoms with Crippen LogP contribution in [0.15, 0.2) is 12.7 Å². The number of fused-ring (bicyclic) bond motifs is 2. The Morgan fingerprint density at radius 2 is 1.17 bits per heavy atom. The van der Waals surface area contributed by atoms with Gasteiger partial charge in [0.25, 0.3) is 0 Å². The molecule has 0 saturated carbocycles. The Morgan fingerprint density at radius 3 is 1.50 bits per heavy atom. The summed E-state index contributed by atoms with van der Waals surface area (Å²) in [5.41, 5.74) is 13.1. The van der Waals surface area contributed by atoms with Gasteiger partial charge in [0.2, 0.25) is 31.0 Å². The SMILES string of the molecule is C1CCOC1.CCCC[NH+](CCCC)CCCC.COc1nc(N)nc2c1ncn2CCOCP(=O)([O-])O.COc1nc(N)nc2c1ncn2CCOCP(C)(=O)O. The monoisotopic (exact) mass is 861 g/mol. The van der Waals surface area contributed by atoms with Gasteiger partial charge in [-0.3, -0.25) is 4.57 Å². The molecule has 0 aromatic carbocycles. The Hall–Kier alpha value is -3.52. The second-order valence-corrected chi connectivity index (χ2v) is 17.4. The van der Waals surface area contributed by atoms with E-state index in [-0.39, 0.29) is 43.9 Å². The van der Waals surface area contributed by atoms with E-state index < -0.39 is 21.3 Å². The Labute approximate surface area is 340 Å². The van der Waals surface area contributed by atoms with E-state index in [1.807, 2.05) is 4.90 Å². The second kappa shape index (κ2) is 27.3. The fourth-order valence-electron chi connectivity index (χ4n) is 5.39. The van der Waals surface area contributed by atoms with Crippen molar-refractivity contribution in [3.8, 4) is 11.8 Å². The van der Waals surface area contributed by atoms with Crippen molar-refractivity contribution in [3.63, 3.8) is 0 Å². The van der Waals surface area contributed by atoms with Crippen LogP contribution in [0.1, 0.15) is 72.1 Å². The molecule has 21 nitrogen and oxygen atoms in total. The van der Waals surface area contributed by atoms with Crippen LogP contribution in [0.2, 0.25) is 0 Å². The number of hydrogen-bond donors (Lipinski definition) is 5. The van der Waals surface area contributed by atoms with E-state index in [9.17, 15) is 14.0 Å². The molecular weight excluding hydrogens is 796 g/mol. The topological polar surface area (TPSA) is 287 Å². The lowest BCUT2D eigenvalue weighted by molar-refractivity contribution is -0.900. The van der Waals surface area contributed by atoms with Crippen molar-refractivity contribution >= 4 is 49.2 Å². The van der Waals surface area contributed by atoms with E-state index in [0.29, 0.717) is 34.8 Å². The summed E-state index contributed by atoms with van der Waals surface area (Å²) in [6.45, 7) is 15.3. The molecule has 23 heteroatoms. The maximum Gasteiger partial charge on any atom is 0.246 e. The minimum atomic E-state index is -4.40. The predicted octanol–water partition coefficient (Wildman–Crippen LogP) is 2.30. The Balaban J connectivity index is 0.000000288. The zero-order chi connectivity index (χ0) is 43.0. The molecule has 4 aromatic rings. The van der Waals surface area contributed by atoms with E-state index in [2.05, 4.69) is 50.7 Å². The number of imidazole rings is 2. The number of quaternary nitrogens is 1. The van der Waals surface area contributed by atoms with Gasteiger partial charge in [0.1, 0.15) is 12.7 Å². The lowest BCUT2D eigenvalue weighted by Crippen LogP contribution is -3.12. The molecule has 1 fully saturated rings. The second-order valence-electron chi connectivity index (χ2n) is 13.5. The highest BCUT2D eigenvalue weighted by molar-refractivity contribution is 7.56. The van der Waals surface area contributed by atoms with E-state index in [4.69, 9.17) is 44.9 Å². The van der Waals surface area contributed by atoms with Gasteiger partial charge in [0.05, 0.1) is 59.7 Å². The van der Waals surface area contributed by atoms with Gasteiger partial charge >= 0.3 is 0 Å². The average Bonchev–Trinajstić information content (AvgIpc) is 3.97. The Morgan fingerprint density at radius 1 is 0.759 bits per heavy atom. The third-order valence-electron chi connectivity index (χ3n) is 8.30. The van der Waals surface area contributed by atoms with Gasteiger partial charge in [-0.2, -0.15) is 19.9 Å². The number of rotatable bonds is 21. The third-order valence-corrected chi connectivity index (χ3v) is 9.47. The van der Waals surface area contributed by atoms with Crippen molar-refractivity contribution in [2.75, 3.05) is 91.1 Å². The first-order valence-corrected chi connectivity index (χ1v) is 23.6. The smallest absolute Gasteiger partial charge is 0.246 e. The molecule has 58 heavy (non-hydrogen) atoms. The predicted molar refractivity (Wildman–Crippen MR) is 220 cm³/mol. The average molecular weight is 862 g/mol. The molecule has 1 aliphatic rings. The van der Waals surface area contributed by atoms with Gasteiger partial charge in [0.15, 0.2) is 29.9 Å². The first kappa shape index (κ1) is 50.6. The molecule has 330 valence electrons. The summed E-state index contributed by atoms with van der Waals surface area (Å²) in [5.74, 6) is 0.689. The molecule has 0 radical (unpaired) electrons. The van der Waals surface area contributed by atoms with E-state index in [0.717, 1.165) is 13.2 Å². The summed E-state index contributed by atoms with van der Waals surface area (Å²) in [6.07, 6.45) is 13.0. The number of nitrogens with two attached hydrogens (primary N) is 2. The Bertz CT molecular complexity index is 1690. The van der Waals surface area contributed by atoms with E-state index >= 15 is 0 Å². The van der Waals surface area contributed by atoms with Crippen LogP contribution >= 0.6 is 15.0 Å². The summed E-state index contributed by atoms with van der Waals surface area (Å²) in [7, 11) is -4.64. The van der Waals surface area contributed by atoms with Crippen LogP contribution < -0.4 is 30.7 Å². The fraction of sp³-hybridized carbons (Fsp3) is 0.714. The van der Waals surface area contributed by atoms with Crippen LogP contribution in [-0.2, 0) is 36.4 Å². The lowest BCUT2D eigenvalue weighted by atomic mass is 10.2. The van der Waals surface area contributed by atoms with Gasteiger partial charge in [0, 0.05) is 33.0 Å². The van der Waals surface area contributed by atoms with Crippen LogP contribution in [0.4, 0.5) is 11.9 Å². The van der Waals surface area contributed by atoms with Crippen molar-refractivity contribution in [2.24, 2.45) is 0 Å². The lowest BCUT2D eigenvalue weighted by Gasteiger charge is -2.18. The number of ether oxygens (including phenoxy) is 5. The van der Waals surface area contributed by atoms with E-state index in [1.165, 1.54) is 98.2 Å². The fourth-order valence-corrected chi connectivity index (χ4v) is 6.21. The van der Waals surface area contributed by atoms with Crippen LogP contribution in [0.25, 0.3) is 22.3 Å². The Kier molecular flexibility index (Phi) is 23.8. The highest BCUT2D eigenvalue weighted by atomic mass is 31.2. The quantitative estimate of drug-likeness (QED) is 0.0593. The molecule has 0 spiro atoms. The molecule has 0 aliphatic carbocycles. The maximum absolute atomic E-state index is 11.1. The van der Waals surface area contributed by atoms with Crippen LogP contribution in [0.3, 0.4) is 0 Å². The number of nitrogens with one attached hydrogen (secondary N) is 1. The molecule has 0 amide bonds. The number of nitrogens with zero attached hydrogens (tertiary/aromatic N) is 8. The zero-order valence-electron chi connectivity index (χ0n) is 34.9. The summed E-state index contributed by atoms with van der Waals surface area (Å²) in [6, 6.07) is 0. The first-order valence-electron chi connectivity index (χ1n) is 19.6. The molecule has 7 N–H and O–H groups in total. The minimum absolute atomic E-state index is 0.0384. The largest absolute Gasteiger partial charge is 0.777 e. The summed E-state index contributed by atoms with van der Waals surface area (Å²) in [4.78, 5) is 54.2. The van der Waals surface area contributed by atoms with Crippen LogP contribution in [0.5, 0.6) is 11.8 Å². The van der Waals surface area contributed by atoms with Gasteiger partial charge < -0.3 is 68.4 Å². The van der Waals surface area contributed by atoms with Gasteiger partial charge in [-0.05, 0) is 32.1 Å². The molecule has 5 rings (SSSR count). The molecule has 1 aliphatic heterocycles. The molecule has 2 atom stereocenters. The molecule has 1 saturated heterocycles. The summed E-state index contributed by atoms with van der Waals surface area (Å²) in [5, 5.41) is 0. The molecule has 0 bridgehead atoms. The third kappa shape index (κ3) is 20.0. The van der Waals surface area contributed by atoms with Crippen molar-refractivity contribution in [1.82, 2.24) is 39.0 Å². The van der Waals surface area contributed by atoms with Crippen molar-refractivity contribution in [3.05, 3.63) is 12.7 Å². The number of hydrogen-bond acceptors (Lipinski definition) is 16. The van der Waals surface area contributed by atoms with Crippen molar-refractivity contribution in [2.45, 2.75) is 85.2 Å². The number of anilines is 2. The van der Waals surface area contributed by atoms with Crippen LogP contribution in [-0.4, -0.2) is 128 Å². The normalized spacial score (nSPS) is 14.4. The highest BCUT2D eigenvalue weighted by Crippen LogP contribution is 2.34. The molecule has 4 aromatic heterocycles. The standard InChI is InChI=1S/C12H27N.C10H16N5O4P.C9H14N5O5P.C4H8O/c1-4-7-10-13(11-8-5-2)12-9-6-3;1-18-9-7-8(13-10(11)14-9)15(5-12-7)3-4-19-6-20(2,16)17;1-18-8-6-7(12-9(10)13-8)14(4-11-6)2-3-19-5-20(15,16)17;1-2-4-5-3-1/h4-12H2,1-3H3;5H,3-4,6H2,1-2H3,(H,16,17)(H2,11,13,14);4H,2-3,5H2,1H3,(H2,10,12,13)(H2,15,16,17);1-4H2. The van der Waals surface area contributed by atoms with Gasteiger partial charge in [-0.15, -0.1) is 0 Å². The number of nitrogen functional groups attached to an aromatic ring is 2. The number of unbranched alkanes of at least 4 members (excludes halogenated alkanes) is 3. The minimum Gasteiger partial charge on any atom is -0.777 e. The van der Waals surface area contributed by atoms with Crippen molar-refractivity contribution in [1.29, 1.82) is 0 Å². The summed E-state index contributed by atoms with van der Waals surface area (Å²) >= 11 is 0. The van der Waals surface area contributed by atoms with Gasteiger partial charge in [-0.25, -0.2) is 9.97 Å². The van der Waals surface area contributed by atoms with E-state index in [1.54, 1.807) is 15.5 Å². The van der Waals surface area contributed by atoms with Crippen LogP contribution in [0, 0.1) is 0 Å². The first-order chi connectivity index (χ1) is 27.7. The molecule has 2 unspecified atom stereocenters. The molecule has 5 heterocycles. The zero-order valence-corrected chi connectivity index (χ0v) is 36.7.